The van der Waals surface area contributed by atoms with Crippen LogP contribution in [0.5, 0.6) is 17.4 Å². The maximum absolute atomic E-state index is 11.6. The van der Waals surface area contributed by atoms with Gasteiger partial charge in [0, 0.05) is 11.8 Å². The summed E-state index contributed by atoms with van der Waals surface area (Å²) >= 11 is 0. The summed E-state index contributed by atoms with van der Waals surface area (Å²) in [5.74, 6) is 0.973. The smallest absolute Gasteiger partial charge is 0.373 e. The van der Waals surface area contributed by atoms with E-state index in [0.717, 1.165) is 11.1 Å². The molecule has 1 heterocycles. The van der Waals surface area contributed by atoms with Crippen molar-refractivity contribution in [1.82, 2.24) is 9.97 Å². The normalized spacial score (nSPS) is 10.3. The fraction of sp³-hybridized carbons (Fsp3) is 0.158. The van der Waals surface area contributed by atoms with E-state index in [9.17, 15) is 10.1 Å². The second-order valence-corrected chi connectivity index (χ2v) is 5.84. The molecular weight excluding hydrogens is 348 g/mol. The van der Waals surface area contributed by atoms with Crippen molar-refractivity contribution in [3.8, 4) is 17.4 Å². The molecule has 8 heteroatoms. The number of ether oxygens (including phenoxy) is 2. The molecule has 3 rings (SSSR count). The largest absolute Gasteiger partial charge is 0.497 e. The maximum atomic E-state index is 11.6. The van der Waals surface area contributed by atoms with Crippen LogP contribution < -0.4 is 14.8 Å². The van der Waals surface area contributed by atoms with E-state index < -0.39 is 4.92 Å². The molecule has 0 radical (unpaired) electrons. The molecule has 0 aliphatic carbocycles. The molecule has 2 aromatic carbocycles. The van der Waals surface area contributed by atoms with Crippen LogP contribution >= 0.6 is 0 Å². The maximum Gasteiger partial charge on any atom is 0.373 e. The van der Waals surface area contributed by atoms with Crippen LogP contribution in [0, 0.1) is 24.0 Å². The molecule has 0 unspecified atom stereocenters. The lowest BCUT2D eigenvalue weighted by Crippen LogP contribution is -2.03. The number of benzene rings is 2. The highest BCUT2D eigenvalue weighted by Crippen LogP contribution is 2.36. The molecule has 0 amide bonds. The van der Waals surface area contributed by atoms with Gasteiger partial charge in [0.2, 0.25) is 5.82 Å². The minimum atomic E-state index is -0.571. The van der Waals surface area contributed by atoms with E-state index in [1.807, 2.05) is 19.9 Å². The molecule has 1 N–H and O–H groups in total. The molecule has 0 bridgehead atoms. The Morgan fingerprint density at radius 1 is 1.04 bits per heavy atom. The zero-order valence-corrected chi connectivity index (χ0v) is 15.1. The van der Waals surface area contributed by atoms with Gasteiger partial charge < -0.3 is 14.8 Å². The summed E-state index contributed by atoms with van der Waals surface area (Å²) in [6.45, 7) is 3.91. The van der Waals surface area contributed by atoms with Crippen LogP contribution in [0.3, 0.4) is 0 Å². The first-order chi connectivity index (χ1) is 13.0. The van der Waals surface area contributed by atoms with Gasteiger partial charge in [-0.25, -0.2) is 4.98 Å². The summed E-state index contributed by atoms with van der Waals surface area (Å²) in [6, 6.07) is 12.4. The van der Waals surface area contributed by atoms with Crippen molar-refractivity contribution in [1.29, 1.82) is 0 Å². The van der Waals surface area contributed by atoms with Gasteiger partial charge in [-0.05, 0) is 49.2 Å². The zero-order chi connectivity index (χ0) is 19.4. The Labute approximate surface area is 156 Å². The molecule has 138 valence electrons. The Bertz CT molecular complexity index is 991. The fourth-order valence-electron chi connectivity index (χ4n) is 2.42. The lowest BCUT2D eigenvalue weighted by Gasteiger charge is -2.11. The zero-order valence-electron chi connectivity index (χ0n) is 15.1. The van der Waals surface area contributed by atoms with Crippen LogP contribution in [0.1, 0.15) is 11.1 Å². The number of nitrogens with zero attached hydrogens (tertiary/aromatic N) is 3. The quantitative estimate of drug-likeness (QED) is 0.505. The van der Waals surface area contributed by atoms with E-state index in [2.05, 4.69) is 15.3 Å². The van der Waals surface area contributed by atoms with Crippen LogP contribution in [0.2, 0.25) is 0 Å². The molecule has 0 aliphatic heterocycles. The summed E-state index contributed by atoms with van der Waals surface area (Å²) in [5.41, 5.74) is 2.35. The Balaban J connectivity index is 1.96. The van der Waals surface area contributed by atoms with E-state index in [4.69, 9.17) is 9.47 Å². The summed E-state index contributed by atoms with van der Waals surface area (Å²) in [5, 5.41) is 14.6. The van der Waals surface area contributed by atoms with Crippen LogP contribution in [0.4, 0.5) is 17.2 Å². The Morgan fingerprint density at radius 2 is 1.85 bits per heavy atom. The highest BCUT2D eigenvalue weighted by molar-refractivity contribution is 5.69. The Hall–Kier alpha value is -3.68. The average molecular weight is 366 g/mol. The third-order valence-corrected chi connectivity index (χ3v) is 4.00. The van der Waals surface area contributed by atoms with Crippen LogP contribution in [0.15, 0.2) is 48.8 Å². The third-order valence-electron chi connectivity index (χ3n) is 4.00. The lowest BCUT2D eigenvalue weighted by atomic mass is 10.1. The Morgan fingerprint density at radius 3 is 2.56 bits per heavy atom. The standard InChI is InChI=1S/C19H18N4O4/c1-12-7-8-16(9-13(12)2)27-19-17(23(24)25)18(20-11-21-19)22-14-5-4-6-15(10-14)26-3/h4-11H,1-3H3,(H,20,21,22). The molecule has 0 aliphatic rings. The van der Waals surface area contributed by atoms with Gasteiger partial charge in [-0.15, -0.1) is 0 Å². The van der Waals surface area contributed by atoms with Crippen molar-refractivity contribution >= 4 is 17.2 Å². The van der Waals surface area contributed by atoms with Crippen LogP contribution in [-0.2, 0) is 0 Å². The van der Waals surface area contributed by atoms with Crippen molar-refractivity contribution < 1.29 is 14.4 Å². The van der Waals surface area contributed by atoms with Gasteiger partial charge in [-0.3, -0.25) is 10.1 Å². The second kappa shape index (κ2) is 7.69. The molecular formula is C19H18N4O4. The number of nitrogens with one attached hydrogen (secondary N) is 1. The van der Waals surface area contributed by atoms with E-state index in [0.29, 0.717) is 17.2 Å². The average Bonchev–Trinajstić information content (AvgIpc) is 2.65. The predicted molar refractivity (Wildman–Crippen MR) is 101 cm³/mol. The number of nitro groups is 1. The van der Waals surface area contributed by atoms with Crippen molar-refractivity contribution in [2.45, 2.75) is 13.8 Å². The third kappa shape index (κ3) is 4.12. The van der Waals surface area contributed by atoms with Gasteiger partial charge in [0.1, 0.15) is 17.8 Å². The molecule has 3 aromatic rings. The number of methoxy groups -OCH3 is 1. The first-order valence-corrected chi connectivity index (χ1v) is 8.13. The van der Waals surface area contributed by atoms with E-state index in [1.54, 1.807) is 43.5 Å². The summed E-state index contributed by atoms with van der Waals surface area (Å²) in [4.78, 5) is 19.0. The summed E-state index contributed by atoms with van der Waals surface area (Å²) in [6.07, 6.45) is 1.21. The van der Waals surface area contributed by atoms with E-state index >= 15 is 0 Å². The number of rotatable bonds is 6. The minimum Gasteiger partial charge on any atom is -0.497 e. The van der Waals surface area contributed by atoms with E-state index in [-0.39, 0.29) is 17.4 Å². The Kier molecular flexibility index (Phi) is 5.16. The number of aromatic nitrogens is 2. The molecule has 8 nitrogen and oxygen atoms in total. The fourth-order valence-corrected chi connectivity index (χ4v) is 2.42. The number of anilines is 2. The van der Waals surface area contributed by atoms with Gasteiger partial charge in [0.05, 0.1) is 12.0 Å². The number of hydrogen-bond acceptors (Lipinski definition) is 7. The number of hydrogen-bond donors (Lipinski definition) is 1. The van der Waals surface area contributed by atoms with Gasteiger partial charge >= 0.3 is 11.6 Å². The van der Waals surface area contributed by atoms with Crippen molar-refractivity contribution in [3.05, 3.63) is 70.0 Å². The van der Waals surface area contributed by atoms with Crippen molar-refractivity contribution in [2.24, 2.45) is 0 Å². The van der Waals surface area contributed by atoms with Crippen LogP contribution in [0.25, 0.3) is 0 Å². The van der Waals surface area contributed by atoms with E-state index in [1.165, 1.54) is 6.33 Å². The monoisotopic (exact) mass is 366 g/mol. The molecule has 0 spiro atoms. The van der Waals surface area contributed by atoms with Crippen LogP contribution in [-0.4, -0.2) is 22.0 Å². The van der Waals surface area contributed by atoms with Gasteiger partial charge in [-0.2, -0.15) is 4.98 Å². The first kappa shape index (κ1) is 18.1. The highest BCUT2D eigenvalue weighted by Gasteiger charge is 2.25. The lowest BCUT2D eigenvalue weighted by molar-refractivity contribution is -0.385. The highest BCUT2D eigenvalue weighted by atomic mass is 16.6. The van der Waals surface area contributed by atoms with Crippen molar-refractivity contribution in [3.63, 3.8) is 0 Å². The summed E-state index contributed by atoms with van der Waals surface area (Å²) in [7, 11) is 1.54. The molecule has 27 heavy (non-hydrogen) atoms. The SMILES string of the molecule is COc1cccc(Nc2ncnc(Oc3ccc(C)c(C)c3)c2[N+](=O)[O-])c1. The topological polar surface area (TPSA) is 99.4 Å². The second-order valence-electron chi connectivity index (χ2n) is 5.84. The number of aryl methyl sites for hydroxylation is 2. The molecule has 1 aromatic heterocycles. The molecule has 0 atom stereocenters. The molecule has 0 fully saturated rings. The first-order valence-electron chi connectivity index (χ1n) is 8.13. The van der Waals surface area contributed by atoms with Gasteiger partial charge in [0.15, 0.2) is 0 Å². The summed E-state index contributed by atoms with van der Waals surface area (Å²) < 4.78 is 10.8. The van der Waals surface area contributed by atoms with Gasteiger partial charge in [0.25, 0.3) is 0 Å². The predicted octanol–water partition coefficient (Wildman–Crippen LogP) is 4.55. The molecule has 0 saturated carbocycles. The van der Waals surface area contributed by atoms with Gasteiger partial charge in [-0.1, -0.05) is 12.1 Å². The minimum absolute atomic E-state index is 0.0297. The van der Waals surface area contributed by atoms with Crippen molar-refractivity contribution in [2.75, 3.05) is 12.4 Å². The molecule has 0 saturated heterocycles.